The molecule has 1 aliphatic carbocycles. The second-order valence-electron chi connectivity index (χ2n) is 7.53. The molecule has 0 N–H and O–H groups in total. The van der Waals surface area contributed by atoms with Crippen LogP contribution in [0.3, 0.4) is 0 Å². The molecule has 26 heavy (non-hydrogen) atoms. The van der Waals surface area contributed by atoms with Gasteiger partial charge >= 0.3 is 0 Å². The molecule has 1 aromatic carbocycles. The van der Waals surface area contributed by atoms with Crippen molar-refractivity contribution in [3.63, 3.8) is 0 Å². The maximum Gasteiger partial charge on any atom is 0.255 e. The van der Waals surface area contributed by atoms with Gasteiger partial charge in [-0.25, -0.2) is 4.98 Å². The summed E-state index contributed by atoms with van der Waals surface area (Å²) in [7, 11) is 3.64. The molecule has 1 amide bonds. The number of imidazole rings is 1. The SMILES string of the molecule is Cc1nc2c3c(c(C(=O)N(C)C)cn2c1C)CCC(c1ccccc1)C3. The molecule has 0 saturated heterocycles. The summed E-state index contributed by atoms with van der Waals surface area (Å²) < 4.78 is 2.11. The lowest BCUT2D eigenvalue weighted by Gasteiger charge is -2.28. The summed E-state index contributed by atoms with van der Waals surface area (Å²) in [6.07, 6.45) is 4.92. The molecule has 0 spiro atoms. The average molecular weight is 347 g/mol. The minimum absolute atomic E-state index is 0.0760. The monoisotopic (exact) mass is 347 g/mol. The molecule has 1 unspecified atom stereocenters. The lowest BCUT2D eigenvalue weighted by Crippen LogP contribution is -2.26. The Hall–Kier alpha value is -2.62. The zero-order chi connectivity index (χ0) is 18.4. The minimum Gasteiger partial charge on any atom is -0.345 e. The molecule has 4 heteroatoms. The van der Waals surface area contributed by atoms with Gasteiger partial charge in [0.15, 0.2) is 0 Å². The number of carbonyl (C=O) groups is 1. The number of hydrogen-bond acceptors (Lipinski definition) is 2. The van der Waals surface area contributed by atoms with Gasteiger partial charge in [0, 0.05) is 26.0 Å². The molecule has 134 valence electrons. The molecular formula is C22H25N3O. The molecule has 4 nitrogen and oxygen atoms in total. The smallest absolute Gasteiger partial charge is 0.255 e. The lowest BCUT2D eigenvalue weighted by atomic mass is 9.79. The normalized spacial score (nSPS) is 16.5. The molecule has 0 fully saturated rings. The Morgan fingerprint density at radius 1 is 1.15 bits per heavy atom. The molecule has 1 aliphatic rings. The number of rotatable bonds is 2. The Labute approximate surface area is 154 Å². The maximum atomic E-state index is 12.8. The first-order valence-corrected chi connectivity index (χ1v) is 9.24. The van der Waals surface area contributed by atoms with Gasteiger partial charge in [0.1, 0.15) is 5.65 Å². The summed E-state index contributed by atoms with van der Waals surface area (Å²) in [5.74, 6) is 0.557. The molecular weight excluding hydrogens is 322 g/mol. The fourth-order valence-corrected chi connectivity index (χ4v) is 4.10. The van der Waals surface area contributed by atoms with E-state index < -0.39 is 0 Å². The highest BCUT2D eigenvalue weighted by molar-refractivity contribution is 5.96. The van der Waals surface area contributed by atoms with E-state index in [9.17, 15) is 4.79 Å². The molecule has 0 bridgehead atoms. The molecule has 0 radical (unpaired) electrons. The van der Waals surface area contributed by atoms with Crippen LogP contribution in [0.4, 0.5) is 0 Å². The zero-order valence-electron chi connectivity index (χ0n) is 15.9. The van der Waals surface area contributed by atoms with Gasteiger partial charge in [-0.2, -0.15) is 0 Å². The van der Waals surface area contributed by atoms with Crippen LogP contribution in [0, 0.1) is 13.8 Å². The van der Waals surface area contributed by atoms with Crippen molar-refractivity contribution in [3.8, 4) is 0 Å². The largest absolute Gasteiger partial charge is 0.345 e. The van der Waals surface area contributed by atoms with E-state index in [0.717, 1.165) is 41.9 Å². The first-order chi connectivity index (χ1) is 12.5. The summed E-state index contributed by atoms with van der Waals surface area (Å²) >= 11 is 0. The van der Waals surface area contributed by atoms with E-state index in [4.69, 9.17) is 4.98 Å². The number of aromatic nitrogens is 2. The summed E-state index contributed by atoms with van der Waals surface area (Å²) in [4.78, 5) is 19.3. The van der Waals surface area contributed by atoms with Crippen LogP contribution in [0.5, 0.6) is 0 Å². The molecule has 0 aliphatic heterocycles. The van der Waals surface area contributed by atoms with E-state index in [2.05, 4.69) is 41.7 Å². The van der Waals surface area contributed by atoms with Gasteiger partial charge < -0.3 is 9.30 Å². The quantitative estimate of drug-likeness (QED) is 0.704. The Kier molecular flexibility index (Phi) is 4.06. The number of amides is 1. The van der Waals surface area contributed by atoms with Crippen molar-refractivity contribution in [2.75, 3.05) is 14.1 Å². The van der Waals surface area contributed by atoms with Crippen molar-refractivity contribution in [2.45, 2.75) is 39.0 Å². The van der Waals surface area contributed by atoms with E-state index in [-0.39, 0.29) is 5.91 Å². The van der Waals surface area contributed by atoms with E-state index in [1.807, 2.05) is 27.2 Å². The van der Waals surface area contributed by atoms with Crippen LogP contribution in [0.25, 0.3) is 5.65 Å². The second-order valence-corrected chi connectivity index (χ2v) is 7.53. The number of nitrogens with zero attached hydrogens (tertiary/aromatic N) is 3. The van der Waals surface area contributed by atoms with Crippen LogP contribution in [0.15, 0.2) is 36.5 Å². The van der Waals surface area contributed by atoms with E-state index in [0.29, 0.717) is 5.92 Å². The number of fused-ring (bicyclic) bond motifs is 3. The van der Waals surface area contributed by atoms with Crippen molar-refractivity contribution in [3.05, 3.63) is 70.2 Å². The number of aryl methyl sites for hydroxylation is 2. The zero-order valence-corrected chi connectivity index (χ0v) is 15.9. The summed E-state index contributed by atoms with van der Waals surface area (Å²) in [6, 6.07) is 10.7. The molecule has 4 rings (SSSR count). The summed E-state index contributed by atoms with van der Waals surface area (Å²) in [5, 5.41) is 0. The van der Waals surface area contributed by atoms with Crippen LogP contribution < -0.4 is 0 Å². The standard InChI is InChI=1S/C22H25N3O/c1-14-15(2)25-13-20(22(26)24(3)4)18-11-10-17(12-19(18)21(25)23-14)16-8-6-5-7-9-16/h5-9,13,17H,10-12H2,1-4H3. The molecule has 3 aromatic rings. The van der Waals surface area contributed by atoms with Gasteiger partial charge in [0.2, 0.25) is 0 Å². The Morgan fingerprint density at radius 3 is 2.58 bits per heavy atom. The van der Waals surface area contributed by atoms with Gasteiger partial charge in [-0.1, -0.05) is 30.3 Å². The van der Waals surface area contributed by atoms with Crippen molar-refractivity contribution >= 4 is 11.6 Å². The predicted octanol–water partition coefficient (Wildman–Crippen LogP) is 3.93. The third-order valence-electron chi connectivity index (χ3n) is 5.71. The number of hydrogen-bond donors (Lipinski definition) is 0. The minimum atomic E-state index is 0.0760. The number of benzene rings is 1. The lowest BCUT2D eigenvalue weighted by molar-refractivity contribution is 0.0825. The topological polar surface area (TPSA) is 37.6 Å². The van der Waals surface area contributed by atoms with Gasteiger partial charge in [-0.05, 0) is 55.7 Å². The first-order valence-electron chi connectivity index (χ1n) is 9.24. The van der Waals surface area contributed by atoms with Crippen molar-refractivity contribution in [2.24, 2.45) is 0 Å². The van der Waals surface area contributed by atoms with Crippen LogP contribution in [-0.4, -0.2) is 34.3 Å². The van der Waals surface area contributed by atoms with Gasteiger partial charge in [-0.3, -0.25) is 4.79 Å². The van der Waals surface area contributed by atoms with Gasteiger partial charge in [0.05, 0.1) is 11.3 Å². The predicted molar refractivity (Wildman–Crippen MR) is 104 cm³/mol. The Morgan fingerprint density at radius 2 is 1.88 bits per heavy atom. The summed E-state index contributed by atoms with van der Waals surface area (Å²) in [6.45, 7) is 4.11. The van der Waals surface area contributed by atoms with Crippen LogP contribution >= 0.6 is 0 Å². The van der Waals surface area contributed by atoms with Crippen molar-refractivity contribution in [1.29, 1.82) is 0 Å². The van der Waals surface area contributed by atoms with E-state index in [1.165, 1.54) is 16.7 Å². The highest BCUT2D eigenvalue weighted by Gasteiger charge is 2.28. The van der Waals surface area contributed by atoms with E-state index >= 15 is 0 Å². The molecule has 1 atom stereocenters. The van der Waals surface area contributed by atoms with Crippen molar-refractivity contribution in [1.82, 2.24) is 14.3 Å². The number of pyridine rings is 1. The molecule has 2 heterocycles. The van der Waals surface area contributed by atoms with Gasteiger partial charge in [-0.15, -0.1) is 0 Å². The van der Waals surface area contributed by atoms with Crippen LogP contribution in [-0.2, 0) is 12.8 Å². The fraction of sp³-hybridized carbons (Fsp3) is 0.364. The van der Waals surface area contributed by atoms with Crippen LogP contribution in [0.2, 0.25) is 0 Å². The highest BCUT2D eigenvalue weighted by atomic mass is 16.2. The van der Waals surface area contributed by atoms with Crippen molar-refractivity contribution < 1.29 is 4.79 Å². The number of carbonyl (C=O) groups excluding carboxylic acids is 1. The maximum absolute atomic E-state index is 12.8. The first kappa shape index (κ1) is 16.8. The Balaban J connectivity index is 1.90. The third kappa shape index (κ3) is 2.61. The second kappa shape index (κ2) is 6.27. The Bertz CT molecular complexity index is 986. The van der Waals surface area contributed by atoms with Crippen LogP contribution in [0.1, 0.15) is 50.8 Å². The third-order valence-corrected chi connectivity index (χ3v) is 5.71. The highest BCUT2D eigenvalue weighted by Crippen LogP contribution is 2.37. The molecule has 0 saturated carbocycles. The van der Waals surface area contributed by atoms with Gasteiger partial charge in [0.25, 0.3) is 5.91 Å². The molecule has 2 aromatic heterocycles. The average Bonchev–Trinajstić information content (AvgIpc) is 2.95. The van der Waals surface area contributed by atoms with E-state index in [1.54, 1.807) is 4.90 Å². The summed E-state index contributed by atoms with van der Waals surface area (Å²) in [5.41, 5.74) is 7.79. The fourth-order valence-electron chi connectivity index (χ4n) is 4.10.